The molecule has 136 valence electrons. The van der Waals surface area contributed by atoms with Gasteiger partial charge in [0.05, 0.1) is 5.56 Å². The lowest BCUT2D eigenvalue weighted by Crippen LogP contribution is -2.82. The van der Waals surface area contributed by atoms with Crippen LogP contribution in [0.25, 0.3) is 0 Å². The molecule has 0 aliphatic carbocycles. The van der Waals surface area contributed by atoms with E-state index >= 15 is 0 Å². The first-order valence-electron chi connectivity index (χ1n) is 8.38. The SMILES string of the molecule is S=C(N[NH+]=Cc1ccccc1OCc1ccccc1Cl)Nc1ccccc1. The lowest BCUT2D eigenvalue weighted by Gasteiger charge is -2.09. The Balaban J connectivity index is 1.59. The standard InChI is InChI=1S/C21H18ClN3OS/c22-19-12-6-4-9-17(19)15-26-20-13-7-5-8-16(20)14-23-25-21(27)24-18-10-2-1-3-11-18/h1-14H,15H2,(H2,24,25,27)/p+1. The Labute approximate surface area is 168 Å². The van der Waals surface area contributed by atoms with Gasteiger partial charge in [-0.2, -0.15) is 0 Å². The van der Waals surface area contributed by atoms with Crippen molar-refractivity contribution < 1.29 is 9.84 Å². The molecular formula is C21H19ClN3OS+. The van der Waals surface area contributed by atoms with Crippen LogP contribution in [0.4, 0.5) is 5.69 Å². The smallest absolute Gasteiger partial charge is 0.228 e. The number of rotatable bonds is 6. The zero-order valence-corrected chi connectivity index (χ0v) is 16.1. The predicted molar refractivity (Wildman–Crippen MR) is 114 cm³/mol. The molecule has 0 atom stereocenters. The van der Waals surface area contributed by atoms with Gasteiger partial charge in [0.1, 0.15) is 12.4 Å². The van der Waals surface area contributed by atoms with Gasteiger partial charge in [0.2, 0.25) is 11.3 Å². The molecule has 0 bridgehead atoms. The van der Waals surface area contributed by atoms with E-state index in [4.69, 9.17) is 28.6 Å². The first kappa shape index (κ1) is 18.9. The average molecular weight is 397 g/mol. The number of halogens is 1. The van der Waals surface area contributed by atoms with Crippen LogP contribution in [-0.2, 0) is 6.61 Å². The Morgan fingerprint density at radius 2 is 1.67 bits per heavy atom. The number of nitrogens with one attached hydrogen (secondary N) is 3. The van der Waals surface area contributed by atoms with Crippen LogP contribution in [0.1, 0.15) is 11.1 Å². The van der Waals surface area contributed by atoms with Gasteiger partial charge >= 0.3 is 0 Å². The molecule has 0 heterocycles. The van der Waals surface area contributed by atoms with Crippen molar-refractivity contribution in [3.63, 3.8) is 0 Å². The lowest BCUT2D eigenvalue weighted by atomic mass is 10.2. The van der Waals surface area contributed by atoms with Crippen molar-refractivity contribution in [2.45, 2.75) is 6.61 Å². The highest BCUT2D eigenvalue weighted by Crippen LogP contribution is 2.20. The maximum Gasteiger partial charge on any atom is 0.228 e. The molecule has 3 aromatic rings. The van der Waals surface area contributed by atoms with Crippen LogP contribution in [0.3, 0.4) is 0 Å². The second-order valence-corrected chi connectivity index (χ2v) is 6.47. The Bertz CT molecular complexity index is 931. The molecule has 0 unspecified atom stereocenters. The summed E-state index contributed by atoms with van der Waals surface area (Å²) in [6.45, 7) is 0.395. The van der Waals surface area contributed by atoms with E-state index in [1.807, 2.05) is 78.9 Å². The quantitative estimate of drug-likeness (QED) is 0.340. The zero-order chi connectivity index (χ0) is 18.9. The largest absolute Gasteiger partial charge is 0.488 e. The van der Waals surface area contributed by atoms with Crippen LogP contribution >= 0.6 is 23.8 Å². The number of para-hydroxylation sites is 2. The van der Waals surface area contributed by atoms with Crippen LogP contribution in [0.2, 0.25) is 5.02 Å². The summed E-state index contributed by atoms with van der Waals surface area (Å²) in [4.78, 5) is 0. The Kier molecular flexibility index (Phi) is 6.79. The van der Waals surface area contributed by atoms with E-state index in [2.05, 4.69) is 15.8 Å². The van der Waals surface area contributed by atoms with Crippen LogP contribution in [-0.4, -0.2) is 11.3 Å². The van der Waals surface area contributed by atoms with E-state index < -0.39 is 0 Å². The van der Waals surface area contributed by atoms with Gasteiger partial charge in [-0.05, 0) is 42.5 Å². The minimum Gasteiger partial charge on any atom is -0.488 e. The molecule has 6 heteroatoms. The molecule has 0 saturated carbocycles. The van der Waals surface area contributed by atoms with Gasteiger partial charge < -0.3 is 10.1 Å². The van der Waals surface area contributed by atoms with E-state index in [0.29, 0.717) is 16.7 Å². The van der Waals surface area contributed by atoms with Crippen LogP contribution in [0.15, 0.2) is 78.9 Å². The van der Waals surface area contributed by atoms with Gasteiger partial charge in [0.25, 0.3) is 0 Å². The number of benzene rings is 3. The van der Waals surface area contributed by atoms with Gasteiger partial charge in [-0.25, -0.2) is 0 Å². The number of anilines is 1. The van der Waals surface area contributed by atoms with Crippen molar-refractivity contribution in [1.29, 1.82) is 0 Å². The monoisotopic (exact) mass is 396 g/mol. The second kappa shape index (κ2) is 9.71. The van der Waals surface area contributed by atoms with E-state index in [0.717, 1.165) is 22.6 Å². The molecule has 0 amide bonds. The fraction of sp³-hybridized carbons (Fsp3) is 0.0476. The van der Waals surface area contributed by atoms with Crippen molar-refractivity contribution in [1.82, 2.24) is 5.43 Å². The Hall–Kier alpha value is -2.89. The summed E-state index contributed by atoms with van der Waals surface area (Å²) in [5.41, 5.74) is 5.67. The summed E-state index contributed by atoms with van der Waals surface area (Å²) in [5.74, 6) is 0.744. The fourth-order valence-electron chi connectivity index (χ4n) is 2.37. The highest BCUT2D eigenvalue weighted by Gasteiger charge is 2.06. The van der Waals surface area contributed by atoms with Crippen LogP contribution < -0.4 is 20.6 Å². The van der Waals surface area contributed by atoms with Gasteiger partial charge in [-0.1, -0.05) is 60.1 Å². The number of ether oxygens (including phenoxy) is 1. The highest BCUT2D eigenvalue weighted by molar-refractivity contribution is 7.80. The molecule has 0 aromatic heterocycles. The van der Waals surface area contributed by atoms with Crippen molar-refractivity contribution in [3.05, 3.63) is 95.0 Å². The molecule has 0 radical (unpaired) electrons. The molecule has 4 nitrogen and oxygen atoms in total. The molecule has 0 aliphatic rings. The predicted octanol–water partition coefficient (Wildman–Crippen LogP) is 3.32. The first-order chi connectivity index (χ1) is 13.2. The molecule has 0 fully saturated rings. The van der Waals surface area contributed by atoms with Gasteiger partial charge in [-0.15, -0.1) is 10.5 Å². The number of hydrazine groups is 1. The average Bonchev–Trinajstić information content (AvgIpc) is 2.69. The minimum atomic E-state index is 0.395. The summed E-state index contributed by atoms with van der Waals surface area (Å²) < 4.78 is 5.93. The van der Waals surface area contributed by atoms with Crippen molar-refractivity contribution in [2.24, 2.45) is 0 Å². The number of hydrogen-bond donors (Lipinski definition) is 3. The summed E-state index contributed by atoms with van der Waals surface area (Å²) in [6.07, 6.45) is 1.79. The maximum atomic E-state index is 6.18. The normalized spacial score (nSPS) is 10.6. The molecule has 0 saturated heterocycles. The Morgan fingerprint density at radius 3 is 2.48 bits per heavy atom. The van der Waals surface area contributed by atoms with E-state index in [-0.39, 0.29) is 0 Å². The summed E-state index contributed by atoms with van der Waals surface area (Å²) in [5, 5.41) is 7.23. The lowest BCUT2D eigenvalue weighted by molar-refractivity contribution is -0.499. The number of thiocarbonyl (C=S) groups is 1. The number of hydrazone groups is 1. The minimum absolute atomic E-state index is 0.395. The molecule has 3 aromatic carbocycles. The summed E-state index contributed by atoms with van der Waals surface area (Å²) in [6, 6.07) is 25.1. The topological polar surface area (TPSA) is 47.3 Å². The third kappa shape index (κ3) is 5.81. The molecule has 0 spiro atoms. The second-order valence-electron chi connectivity index (χ2n) is 5.65. The molecule has 3 rings (SSSR count). The third-order valence-electron chi connectivity index (χ3n) is 3.71. The van der Waals surface area contributed by atoms with E-state index in [1.165, 1.54) is 0 Å². The first-order valence-corrected chi connectivity index (χ1v) is 9.17. The van der Waals surface area contributed by atoms with Crippen LogP contribution in [0, 0.1) is 0 Å². The molecule has 0 aliphatic heterocycles. The Morgan fingerprint density at radius 1 is 0.963 bits per heavy atom. The van der Waals surface area contributed by atoms with Gasteiger partial charge in [-0.3, -0.25) is 0 Å². The fourth-order valence-corrected chi connectivity index (χ4v) is 2.73. The van der Waals surface area contributed by atoms with E-state index in [9.17, 15) is 0 Å². The van der Waals surface area contributed by atoms with Gasteiger partial charge in [0.15, 0.2) is 0 Å². The highest BCUT2D eigenvalue weighted by atomic mass is 35.5. The molecule has 3 N–H and O–H groups in total. The summed E-state index contributed by atoms with van der Waals surface area (Å²) >= 11 is 11.4. The van der Waals surface area contributed by atoms with E-state index in [1.54, 1.807) is 6.21 Å². The zero-order valence-electron chi connectivity index (χ0n) is 14.5. The third-order valence-corrected chi connectivity index (χ3v) is 4.28. The summed E-state index contributed by atoms with van der Waals surface area (Å²) in [7, 11) is 0. The van der Waals surface area contributed by atoms with Crippen LogP contribution in [0.5, 0.6) is 5.75 Å². The van der Waals surface area contributed by atoms with Crippen molar-refractivity contribution in [2.75, 3.05) is 5.32 Å². The van der Waals surface area contributed by atoms with Crippen molar-refractivity contribution >= 4 is 40.8 Å². The maximum absolute atomic E-state index is 6.18. The van der Waals surface area contributed by atoms with Gasteiger partial charge in [0, 0.05) is 16.3 Å². The molecular weight excluding hydrogens is 378 g/mol. The van der Waals surface area contributed by atoms with Crippen molar-refractivity contribution in [3.8, 4) is 5.75 Å². The number of hydrogen-bond acceptors (Lipinski definition) is 2. The molecule has 27 heavy (non-hydrogen) atoms.